The highest BCUT2D eigenvalue weighted by Gasteiger charge is 2.37. The van der Waals surface area contributed by atoms with Crippen molar-refractivity contribution in [3.8, 4) is 0 Å². The molecule has 0 radical (unpaired) electrons. The van der Waals surface area contributed by atoms with E-state index < -0.39 is 0 Å². The van der Waals surface area contributed by atoms with Crippen molar-refractivity contribution in [1.29, 1.82) is 0 Å². The van der Waals surface area contributed by atoms with Crippen LogP contribution >= 0.6 is 0 Å². The van der Waals surface area contributed by atoms with Crippen molar-refractivity contribution in [1.82, 2.24) is 0 Å². The zero-order chi connectivity index (χ0) is 7.84. The summed E-state index contributed by atoms with van der Waals surface area (Å²) in [7, 11) is 0. The van der Waals surface area contributed by atoms with Gasteiger partial charge in [0.15, 0.2) is 0 Å². The second-order valence-electron chi connectivity index (χ2n) is 3.76. The Balaban J connectivity index is 2.02. The molecule has 1 heterocycles. The van der Waals surface area contributed by atoms with E-state index in [9.17, 15) is 4.79 Å². The molecule has 62 valence electrons. The summed E-state index contributed by atoms with van der Waals surface area (Å²) in [6.07, 6.45) is 4.35. The molecule has 1 saturated heterocycles. The average Bonchev–Trinajstić information content (AvgIpc) is 2.27. The minimum atomic E-state index is 0.270. The number of ketones is 1. The molecule has 3 atom stereocenters. The van der Waals surface area contributed by atoms with Gasteiger partial charge in [0, 0.05) is 12.8 Å². The van der Waals surface area contributed by atoms with Gasteiger partial charge in [-0.2, -0.15) is 0 Å². The van der Waals surface area contributed by atoms with E-state index in [0.717, 1.165) is 19.3 Å². The molecule has 2 nitrogen and oxygen atoms in total. The van der Waals surface area contributed by atoms with Gasteiger partial charge in [0.2, 0.25) is 0 Å². The lowest BCUT2D eigenvalue weighted by molar-refractivity contribution is -0.124. The zero-order valence-electron chi connectivity index (χ0n) is 6.88. The summed E-state index contributed by atoms with van der Waals surface area (Å²) in [5.41, 5.74) is 0. The summed E-state index contributed by atoms with van der Waals surface area (Å²) < 4.78 is 5.61. The van der Waals surface area contributed by atoms with Gasteiger partial charge in [0.25, 0.3) is 0 Å². The van der Waals surface area contributed by atoms with Crippen LogP contribution in [-0.4, -0.2) is 18.0 Å². The summed E-state index contributed by atoms with van der Waals surface area (Å²) in [6.45, 7) is 2.10. The molecule has 2 heteroatoms. The van der Waals surface area contributed by atoms with Gasteiger partial charge < -0.3 is 4.74 Å². The molecule has 2 rings (SSSR count). The second-order valence-corrected chi connectivity index (χ2v) is 3.76. The van der Waals surface area contributed by atoms with Crippen LogP contribution in [0.15, 0.2) is 0 Å². The van der Waals surface area contributed by atoms with Crippen molar-refractivity contribution in [3.05, 3.63) is 0 Å². The maximum atomic E-state index is 11.0. The number of Topliss-reactive ketones (excluding diaryl/α,β-unsaturated/α-hetero) is 1. The first-order chi connectivity index (χ1) is 5.25. The summed E-state index contributed by atoms with van der Waals surface area (Å²) in [6, 6.07) is 0. The molecule has 1 aliphatic carbocycles. The molecule has 0 amide bonds. The van der Waals surface area contributed by atoms with E-state index in [1.165, 1.54) is 0 Å². The lowest BCUT2D eigenvalue weighted by Crippen LogP contribution is -2.26. The van der Waals surface area contributed by atoms with E-state index in [1.807, 2.05) is 0 Å². The standard InChI is InChI=1S/C9H14O2/c1-6-4-7-2-3-8(10)5-9(7)11-6/h6-7,9H,2-5H2,1H3. The third kappa shape index (κ3) is 1.32. The quantitative estimate of drug-likeness (QED) is 0.529. The number of rotatable bonds is 0. The van der Waals surface area contributed by atoms with Gasteiger partial charge in [-0.1, -0.05) is 0 Å². The summed E-state index contributed by atoms with van der Waals surface area (Å²) >= 11 is 0. The lowest BCUT2D eigenvalue weighted by atomic mass is 9.85. The smallest absolute Gasteiger partial charge is 0.135 e. The largest absolute Gasteiger partial charge is 0.375 e. The fraction of sp³-hybridized carbons (Fsp3) is 0.889. The van der Waals surface area contributed by atoms with Crippen LogP contribution in [0.25, 0.3) is 0 Å². The molecule has 0 N–H and O–H groups in total. The highest BCUT2D eigenvalue weighted by atomic mass is 16.5. The number of carbonyl (C=O) groups is 1. The Kier molecular flexibility index (Phi) is 1.72. The lowest BCUT2D eigenvalue weighted by Gasteiger charge is -2.22. The molecule has 0 bridgehead atoms. The Morgan fingerprint density at radius 1 is 1.55 bits per heavy atom. The number of fused-ring (bicyclic) bond motifs is 1. The van der Waals surface area contributed by atoms with E-state index in [2.05, 4.69) is 6.92 Å². The van der Waals surface area contributed by atoms with Crippen molar-refractivity contribution in [2.24, 2.45) is 5.92 Å². The summed E-state index contributed by atoms with van der Waals surface area (Å²) in [5.74, 6) is 1.07. The van der Waals surface area contributed by atoms with Crippen LogP contribution in [0.5, 0.6) is 0 Å². The molecule has 11 heavy (non-hydrogen) atoms. The van der Waals surface area contributed by atoms with Gasteiger partial charge in [-0.3, -0.25) is 4.79 Å². The van der Waals surface area contributed by atoms with Gasteiger partial charge in [-0.25, -0.2) is 0 Å². The van der Waals surface area contributed by atoms with Crippen LogP contribution in [0, 0.1) is 5.92 Å². The Bertz CT molecular complexity index is 176. The van der Waals surface area contributed by atoms with Gasteiger partial charge in [-0.15, -0.1) is 0 Å². The summed E-state index contributed by atoms with van der Waals surface area (Å²) in [5, 5.41) is 0. The predicted molar refractivity (Wildman–Crippen MR) is 41.3 cm³/mol. The Morgan fingerprint density at radius 3 is 3.18 bits per heavy atom. The predicted octanol–water partition coefficient (Wildman–Crippen LogP) is 1.53. The Hall–Kier alpha value is -0.370. The molecule has 2 aliphatic rings. The maximum absolute atomic E-state index is 11.0. The number of ether oxygens (including phenoxy) is 1. The molecular weight excluding hydrogens is 140 g/mol. The normalized spacial score (nSPS) is 44.1. The van der Waals surface area contributed by atoms with Crippen molar-refractivity contribution in [2.45, 2.75) is 44.8 Å². The van der Waals surface area contributed by atoms with Crippen LogP contribution in [0.4, 0.5) is 0 Å². The van der Waals surface area contributed by atoms with Crippen LogP contribution in [0.1, 0.15) is 32.6 Å². The number of hydrogen-bond donors (Lipinski definition) is 0. The first-order valence-corrected chi connectivity index (χ1v) is 4.43. The fourth-order valence-corrected chi connectivity index (χ4v) is 2.23. The molecule has 0 aromatic heterocycles. The first kappa shape index (κ1) is 7.29. The minimum Gasteiger partial charge on any atom is -0.375 e. The van der Waals surface area contributed by atoms with Crippen molar-refractivity contribution >= 4 is 5.78 Å². The van der Waals surface area contributed by atoms with E-state index in [-0.39, 0.29) is 6.10 Å². The van der Waals surface area contributed by atoms with Gasteiger partial charge in [-0.05, 0) is 25.7 Å². The van der Waals surface area contributed by atoms with E-state index in [1.54, 1.807) is 0 Å². The molecule has 0 aromatic rings. The Morgan fingerprint density at radius 2 is 2.36 bits per heavy atom. The van der Waals surface area contributed by atoms with E-state index >= 15 is 0 Å². The molecule has 1 aliphatic heterocycles. The molecule has 2 fully saturated rings. The van der Waals surface area contributed by atoms with Crippen LogP contribution < -0.4 is 0 Å². The maximum Gasteiger partial charge on any atom is 0.135 e. The van der Waals surface area contributed by atoms with Gasteiger partial charge >= 0.3 is 0 Å². The van der Waals surface area contributed by atoms with Gasteiger partial charge in [0.05, 0.1) is 12.2 Å². The first-order valence-electron chi connectivity index (χ1n) is 4.43. The van der Waals surface area contributed by atoms with Crippen LogP contribution in [-0.2, 0) is 9.53 Å². The highest BCUT2D eigenvalue weighted by molar-refractivity contribution is 5.79. The van der Waals surface area contributed by atoms with Crippen LogP contribution in [0.2, 0.25) is 0 Å². The van der Waals surface area contributed by atoms with Crippen molar-refractivity contribution < 1.29 is 9.53 Å². The highest BCUT2D eigenvalue weighted by Crippen LogP contribution is 2.35. The SMILES string of the molecule is CC1CC2CCC(=O)CC2O1. The minimum absolute atomic E-state index is 0.270. The molecule has 0 aromatic carbocycles. The third-order valence-corrected chi connectivity index (χ3v) is 2.79. The number of hydrogen-bond acceptors (Lipinski definition) is 2. The number of carbonyl (C=O) groups excluding carboxylic acids is 1. The monoisotopic (exact) mass is 154 g/mol. The van der Waals surface area contributed by atoms with E-state index in [4.69, 9.17) is 4.74 Å². The van der Waals surface area contributed by atoms with Crippen molar-refractivity contribution in [2.75, 3.05) is 0 Å². The molecule has 0 spiro atoms. The van der Waals surface area contributed by atoms with E-state index in [0.29, 0.717) is 24.2 Å². The van der Waals surface area contributed by atoms with Gasteiger partial charge in [0.1, 0.15) is 5.78 Å². The molecule has 3 unspecified atom stereocenters. The second kappa shape index (κ2) is 2.59. The van der Waals surface area contributed by atoms with Crippen LogP contribution in [0.3, 0.4) is 0 Å². The fourth-order valence-electron chi connectivity index (χ4n) is 2.23. The third-order valence-electron chi connectivity index (χ3n) is 2.79. The summed E-state index contributed by atoms with van der Waals surface area (Å²) in [4.78, 5) is 11.0. The molecular formula is C9H14O2. The van der Waals surface area contributed by atoms with Crippen molar-refractivity contribution in [3.63, 3.8) is 0 Å². The topological polar surface area (TPSA) is 26.3 Å². The Labute approximate surface area is 66.9 Å². The average molecular weight is 154 g/mol. The zero-order valence-corrected chi connectivity index (χ0v) is 6.88. The molecule has 1 saturated carbocycles.